The van der Waals surface area contributed by atoms with E-state index in [-0.39, 0.29) is 35.5 Å². The van der Waals surface area contributed by atoms with Gasteiger partial charge in [0.25, 0.3) is 0 Å². The fourth-order valence-corrected chi connectivity index (χ4v) is 5.69. The molecule has 3 nitrogen and oxygen atoms in total. The van der Waals surface area contributed by atoms with E-state index in [2.05, 4.69) is 31.2 Å². The van der Waals surface area contributed by atoms with Crippen LogP contribution in [0.15, 0.2) is 84.9 Å². The number of aryl methyl sites for hydroxylation is 1. The predicted molar refractivity (Wildman–Crippen MR) is 123 cm³/mol. The molecule has 156 valence electrons. The topological polar surface area (TPSA) is 37.4 Å². The Labute approximate surface area is 183 Å². The number of hydrogen-bond acceptors (Lipinski definition) is 2. The molecule has 1 aliphatic carbocycles. The first-order valence-corrected chi connectivity index (χ1v) is 11.3. The summed E-state index contributed by atoms with van der Waals surface area (Å²) >= 11 is 0. The number of fused-ring (bicyclic) bond motifs is 1. The standard InChI is InChI=1S/C28H27NO2/c1-2-19-11-9-10-16-24(19)29-27(30)25-22(20-12-5-3-6-13-20)17-18-23(26(25)28(29)31)21-14-7-4-8-15-21/h3-16,22-23,25-26H,2,17-18H2,1H3. The molecular weight excluding hydrogens is 382 g/mol. The number of anilines is 1. The number of hydrogen-bond donors (Lipinski definition) is 0. The maximum atomic E-state index is 13.9. The van der Waals surface area contributed by atoms with Gasteiger partial charge in [0.05, 0.1) is 17.5 Å². The molecule has 1 saturated carbocycles. The van der Waals surface area contributed by atoms with E-state index in [1.807, 2.05) is 60.7 Å². The highest BCUT2D eigenvalue weighted by molar-refractivity contribution is 6.23. The number of imide groups is 1. The van der Waals surface area contributed by atoms with Crippen molar-refractivity contribution in [3.8, 4) is 0 Å². The van der Waals surface area contributed by atoms with Crippen LogP contribution in [0.3, 0.4) is 0 Å². The Morgan fingerprint density at radius 3 is 1.61 bits per heavy atom. The van der Waals surface area contributed by atoms with Crippen LogP contribution < -0.4 is 4.90 Å². The number of carbonyl (C=O) groups excluding carboxylic acids is 2. The average Bonchev–Trinajstić information content (AvgIpc) is 3.10. The third-order valence-corrected chi connectivity index (χ3v) is 7.12. The zero-order chi connectivity index (χ0) is 21.4. The summed E-state index contributed by atoms with van der Waals surface area (Å²) < 4.78 is 0. The van der Waals surface area contributed by atoms with E-state index in [1.165, 1.54) is 4.90 Å². The SMILES string of the molecule is CCc1ccccc1N1C(=O)C2C(c3ccccc3)CCC(c3ccccc3)C2C1=O. The third kappa shape index (κ3) is 3.29. The summed E-state index contributed by atoms with van der Waals surface area (Å²) in [5, 5.41) is 0. The van der Waals surface area contributed by atoms with E-state index >= 15 is 0 Å². The summed E-state index contributed by atoms with van der Waals surface area (Å²) in [6, 6.07) is 28.3. The second-order valence-electron chi connectivity index (χ2n) is 8.66. The third-order valence-electron chi connectivity index (χ3n) is 7.12. The monoisotopic (exact) mass is 409 g/mol. The van der Waals surface area contributed by atoms with Crippen LogP contribution in [0.25, 0.3) is 0 Å². The fourth-order valence-electron chi connectivity index (χ4n) is 5.69. The lowest BCUT2D eigenvalue weighted by molar-refractivity contribution is -0.122. The van der Waals surface area contributed by atoms with Crippen molar-refractivity contribution in [2.24, 2.45) is 11.8 Å². The van der Waals surface area contributed by atoms with Gasteiger partial charge in [-0.1, -0.05) is 85.8 Å². The maximum absolute atomic E-state index is 13.9. The first kappa shape index (κ1) is 19.7. The Morgan fingerprint density at radius 2 is 1.13 bits per heavy atom. The molecule has 3 aromatic rings. The van der Waals surface area contributed by atoms with Crippen molar-refractivity contribution in [3.63, 3.8) is 0 Å². The number of amides is 2. The molecule has 0 bridgehead atoms. The van der Waals surface area contributed by atoms with Crippen LogP contribution in [0.5, 0.6) is 0 Å². The number of para-hydroxylation sites is 1. The van der Waals surface area contributed by atoms with Crippen LogP contribution in [0.1, 0.15) is 48.3 Å². The molecule has 0 aromatic heterocycles. The lowest BCUT2D eigenvalue weighted by atomic mass is 9.64. The van der Waals surface area contributed by atoms with Crippen molar-refractivity contribution in [1.29, 1.82) is 0 Å². The first-order chi connectivity index (χ1) is 15.2. The van der Waals surface area contributed by atoms with Gasteiger partial charge < -0.3 is 0 Å². The van der Waals surface area contributed by atoms with E-state index in [4.69, 9.17) is 0 Å². The van der Waals surface area contributed by atoms with Gasteiger partial charge in [-0.3, -0.25) is 9.59 Å². The van der Waals surface area contributed by atoms with E-state index in [9.17, 15) is 9.59 Å². The van der Waals surface area contributed by atoms with Crippen molar-refractivity contribution >= 4 is 17.5 Å². The Bertz CT molecular complexity index is 1030. The van der Waals surface area contributed by atoms with E-state index in [0.29, 0.717) is 0 Å². The summed E-state index contributed by atoms with van der Waals surface area (Å²) in [6.07, 6.45) is 2.60. The Morgan fingerprint density at radius 1 is 0.677 bits per heavy atom. The minimum atomic E-state index is -0.321. The molecule has 0 radical (unpaired) electrons. The highest BCUT2D eigenvalue weighted by Crippen LogP contribution is 2.53. The van der Waals surface area contributed by atoms with Crippen LogP contribution in [-0.2, 0) is 16.0 Å². The molecule has 1 aliphatic heterocycles. The van der Waals surface area contributed by atoms with Gasteiger partial charge in [0.1, 0.15) is 0 Å². The van der Waals surface area contributed by atoms with Gasteiger partial charge in [-0.2, -0.15) is 0 Å². The van der Waals surface area contributed by atoms with Gasteiger partial charge in [-0.25, -0.2) is 4.90 Å². The highest BCUT2D eigenvalue weighted by atomic mass is 16.2. The molecule has 2 amide bonds. The number of rotatable bonds is 4. The Hall–Kier alpha value is -3.20. The molecule has 2 aliphatic rings. The lowest BCUT2D eigenvalue weighted by Crippen LogP contribution is -2.34. The lowest BCUT2D eigenvalue weighted by Gasteiger charge is -2.37. The van der Waals surface area contributed by atoms with Gasteiger partial charge in [-0.15, -0.1) is 0 Å². The molecule has 1 heterocycles. The molecule has 0 spiro atoms. The van der Waals surface area contributed by atoms with Crippen molar-refractivity contribution in [1.82, 2.24) is 0 Å². The van der Waals surface area contributed by atoms with Gasteiger partial charge in [0.2, 0.25) is 11.8 Å². The minimum Gasteiger partial charge on any atom is -0.274 e. The second kappa shape index (κ2) is 8.14. The van der Waals surface area contributed by atoms with Crippen LogP contribution in [-0.4, -0.2) is 11.8 Å². The van der Waals surface area contributed by atoms with Gasteiger partial charge in [0.15, 0.2) is 0 Å². The minimum absolute atomic E-state index is 0.0367. The molecular formula is C28H27NO2. The number of nitrogens with zero attached hydrogens (tertiary/aromatic N) is 1. The molecule has 1 saturated heterocycles. The zero-order valence-electron chi connectivity index (χ0n) is 17.8. The van der Waals surface area contributed by atoms with Crippen molar-refractivity contribution in [2.75, 3.05) is 4.90 Å². The van der Waals surface area contributed by atoms with Crippen molar-refractivity contribution in [2.45, 2.75) is 38.0 Å². The predicted octanol–water partition coefficient (Wildman–Crippen LogP) is 5.72. The molecule has 2 fully saturated rings. The van der Waals surface area contributed by atoms with Crippen molar-refractivity contribution in [3.05, 3.63) is 102 Å². The van der Waals surface area contributed by atoms with Crippen LogP contribution >= 0.6 is 0 Å². The Balaban J connectivity index is 1.62. The summed E-state index contributed by atoms with van der Waals surface area (Å²) in [5.74, 6) is -0.573. The molecule has 4 atom stereocenters. The van der Waals surface area contributed by atoms with Gasteiger partial charge in [-0.05, 0) is 53.9 Å². The second-order valence-corrected chi connectivity index (χ2v) is 8.66. The van der Waals surface area contributed by atoms with E-state index < -0.39 is 0 Å². The molecule has 31 heavy (non-hydrogen) atoms. The smallest absolute Gasteiger partial charge is 0.238 e. The number of benzene rings is 3. The number of carbonyl (C=O) groups is 2. The zero-order valence-corrected chi connectivity index (χ0v) is 17.8. The average molecular weight is 410 g/mol. The largest absolute Gasteiger partial charge is 0.274 e. The highest BCUT2D eigenvalue weighted by Gasteiger charge is 2.57. The molecule has 5 rings (SSSR count). The van der Waals surface area contributed by atoms with Gasteiger partial charge >= 0.3 is 0 Å². The van der Waals surface area contributed by atoms with Crippen LogP contribution in [0, 0.1) is 11.8 Å². The fraction of sp³-hybridized carbons (Fsp3) is 0.286. The molecule has 3 aromatic carbocycles. The van der Waals surface area contributed by atoms with E-state index in [1.54, 1.807) is 0 Å². The molecule has 0 N–H and O–H groups in total. The first-order valence-electron chi connectivity index (χ1n) is 11.3. The van der Waals surface area contributed by atoms with E-state index in [0.717, 1.165) is 41.6 Å². The maximum Gasteiger partial charge on any atom is 0.238 e. The van der Waals surface area contributed by atoms with Crippen LogP contribution in [0.4, 0.5) is 5.69 Å². The Kier molecular flexibility index (Phi) is 5.19. The molecule has 3 heteroatoms. The van der Waals surface area contributed by atoms with Crippen LogP contribution in [0.2, 0.25) is 0 Å². The normalized spacial score (nSPS) is 25.5. The summed E-state index contributed by atoms with van der Waals surface area (Å²) in [4.78, 5) is 29.3. The van der Waals surface area contributed by atoms with Gasteiger partial charge in [0, 0.05) is 0 Å². The molecule has 4 unspecified atom stereocenters. The summed E-state index contributed by atoms with van der Waals surface area (Å²) in [6.45, 7) is 2.07. The van der Waals surface area contributed by atoms with Crippen molar-refractivity contribution < 1.29 is 9.59 Å². The summed E-state index contributed by atoms with van der Waals surface area (Å²) in [7, 11) is 0. The quantitative estimate of drug-likeness (QED) is 0.517. The summed E-state index contributed by atoms with van der Waals surface area (Å²) in [5.41, 5.74) is 4.12.